The Balaban J connectivity index is 1.94. The first-order valence-electron chi connectivity index (χ1n) is 6.03. The highest BCUT2D eigenvalue weighted by Gasteiger charge is 2.14. The Bertz CT molecular complexity index is 586. The highest BCUT2D eigenvalue weighted by molar-refractivity contribution is 9.10. The molecule has 0 unspecified atom stereocenters. The molecular weight excluding hydrogens is 358 g/mol. The molecule has 104 valence electrons. The number of thioether (sulfide) groups is 1. The quantitative estimate of drug-likeness (QED) is 0.747. The van der Waals surface area contributed by atoms with E-state index in [1.165, 1.54) is 11.8 Å². The first-order valence-corrected chi connectivity index (χ1v) is 8.08. The molecule has 0 heterocycles. The second-order valence-electron chi connectivity index (χ2n) is 4.21. The standard InChI is InChI=1S/C15H13BrClNOS/c1-10(20-14-8-4-12(17)5-9-14)15(19)18-13-6-2-11(16)3-7-13/h2-10H,1H3,(H,18,19)/t10-/m1/s1. The maximum Gasteiger partial charge on any atom is 0.237 e. The number of nitrogens with one attached hydrogen (secondary N) is 1. The fourth-order valence-electron chi connectivity index (χ4n) is 1.55. The third-order valence-corrected chi connectivity index (χ3v) is 4.50. The summed E-state index contributed by atoms with van der Waals surface area (Å²) in [6, 6.07) is 15.0. The summed E-state index contributed by atoms with van der Waals surface area (Å²) in [4.78, 5) is 13.1. The number of rotatable bonds is 4. The van der Waals surface area contributed by atoms with Gasteiger partial charge in [-0.1, -0.05) is 27.5 Å². The molecule has 0 bridgehead atoms. The zero-order valence-corrected chi connectivity index (χ0v) is 13.9. The summed E-state index contributed by atoms with van der Waals surface area (Å²) in [7, 11) is 0. The van der Waals surface area contributed by atoms with Gasteiger partial charge < -0.3 is 5.32 Å². The molecule has 0 aromatic heterocycles. The molecule has 0 radical (unpaired) electrons. The number of hydrogen-bond acceptors (Lipinski definition) is 2. The molecule has 1 amide bonds. The molecular formula is C15H13BrClNOS. The zero-order valence-electron chi connectivity index (χ0n) is 10.8. The summed E-state index contributed by atoms with van der Waals surface area (Å²) in [5, 5.41) is 3.41. The summed E-state index contributed by atoms with van der Waals surface area (Å²) in [5.74, 6) is -0.0210. The van der Waals surface area contributed by atoms with Gasteiger partial charge in [0.1, 0.15) is 0 Å². The van der Waals surface area contributed by atoms with Gasteiger partial charge in [0, 0.05) is 20.1 Å². The van der Waals surface area contributed by atoms with Gasteiger partial charge in [0.05, 0.1) is 5.25 Å². The van der Waals surface area contributed by atoms with Crippen molar-refractivity contribution in [1.29, 1.82) is 0 Å². The molecule has 5 heteroatoms. The van der Waals surface area contributed by atoms with Crippen LogP contribution in [-0.4, -0.2) is 11.2 Å². The average molecular weight is 371 g/mol. The molecule has 1 atom stereocenters. The van der Waals surface area contributed by atoms with E-state index in [4.69, 9.17) is 11.6 Å². The maximum absolute atomic E-state index is 12.1. The van der Waals surface area contributed by atoms with Crippen LogP contribution in [0.3, 0.4) is 0 Å². The molecule has 0 aliphatic carbocycles. The van der Waals surface area contributed by atoms with Crippen molar-refractivity contribution in [3.63, 3.8) is 0 Å². The predicted octanol–water partition coefficient (Wildman–Crippen LogP) is 5.22. The van der Waals surface area contributed by atoms with Crippen LogP contribution in [0.4, 0.5) is 5.69 Å². The van der Waals surface area contributed by atoms with Crippen molar-refractivity contribution in [2.45, 2.75) is 17.1 Å². The van der Waals surface area contributed by atoms with Crippen LogP contribution in [0.15, 0.2) is 57.9 Å². The van der Waals surface area contributed by atoms with Crippen LogP contribution >= 0.6 is 39.3 Å². The number of anilines is 1. The Labute approximate surface area is 136 Å². The van der Waals surface area contributed by atoms with Gasteiger partial charge in [0.25, 0.3) is 0 Å². The van der Waals surface area contributed by atoms with Crippen LogP contribution in [0.25, 0.3) is 0 Å². The monoisotopic (exact) mass is 369 g/mol. The van der Waals surface area contributed by atoms with Gasteiger partial charge in [-0.25, -0.2) is 0 Å². The van der Waals surface area contributed by atoms with Crippen LogP contribution in [0, 0.1) is 0 Å². The summed E-state index contributed by atoms with van der Waals surface area (Å²) >= 11 is 10.7. The molecule has 1 N–H and O–H groups in total. The Morgan fingerprint density at radius 2 is 1.75 bits per heavy atom. The molecule has 0 fully saturated rings. The minimum atomic E-state index is -0.181. The van der Waals surface area contributed by atoms with Gasteiger partial charge in [-0.2, -0.15) is 0 Å². The van der Waals surface area contributed by atoms with Gasteiger partial charge in [-0.15, -0.1) is 11.8 Å². The fraction of sp³-hybridized carbons (Fsp3) is 0.133. The van der Waals surface area contributed by atoms with E-state index in [2.05, 4.69) is 21.2 Å². The van der Waals surface area contributed by atoms with E-state index >= 15 is 0 Å². The number of halogens is 2. The van der Waals surface area contributed by atoms with Crippen molar-refractivity contribution in [2.24, 2.45) is 0 Å². The molecule has 20 heavy (non-hydrogen) atoms. The van der Waals surface area contributed by atoms with E-state index < -0.39 is 0 Å². The lowest BCUT2D eigenvalue weighted by Gasteiger charge is -2.12. The number of benzene rings is 2. The summed E-state index contributed by atoms with van der Waals surface area (Å²) in [5.41, 5.74) is 0.793. The Morgan fingerprint density at radius 3 is 2.35 bits per heavy atom. The molecule has 2 rings (SSSR count). The number of hydrogen-bond donors (Lipinski definition) is 1. The Kier molecular flexibility index (Phi) is 5.52. The third kappa shape index (κ3) is 4.54. The van der Waals surface area contributed by atoms with E-state index in [9.17, 15) is 4.79 Å². The molecule has 0 aliphatic heterocycles. The zero-order chi connectivity index (χ0) is 14.5. The second-order valence-corrected chi connectivity index (χ2v) is 6.98. The molecule has 0 saturated carbocycles. The molecule has 0 saturated heterocycles. The lowest BCUT2D eigenvalue weighted by atomic mass is 10.3. The van der Waals surface area contributed by atoms with Crippen molar-refractivity contribution in [2.75, 3.05) is 5.32 Å². The highest BCUT2D eigenvalue weighted by atomic mass is 79.9. The molecule has 0 aliphatic rings. The van der Waals surface area contributed by atoms with E-state index in [1.807, 2.05) is 55.5 Å². The highest BCUT2D eigenvalue weighted by Crippen LogP contribution is 2.25. The largest absolute Gasteiger partial charge is 0.325 e. The van der Waals surface area contributed by atoms with Crippen molar-refractivity contribution < 1.29 is 4.79 Å². The minimum Gasteiger partial charge on any atom is -0.325 e. The average Bonchev–Trinajstić information content (AvgIpc) is 2.44. The van der Waals surface area contributed by atoms with E-state index in [-0.39, 0.29) is 11.2 Å². The molecule has 2 aromatic rings. The normalized spacial score (nSPS) is 11.9. The summed E-state index contributed by atoms with van der Waals surface area (Å²) in [6.45, 7) is 1.88. The number of carbonyl (C=O) groups is 1. The Morgan fingerprint density at radius 1 is 1.15 bits per heavy atom. The number of carbonyl (C=O) groups excluding carboxylic acids is 1. The van der Waals surface area contributed by atoms with Crippen LogP contribution in [0.5, 0.6) is 0 Å². The van der Waals surface area contributed by atoms with Gasteiger partial charge in [-0.3, -0.25) is 4.79 Å². The maximum atomic E-state index is 12.1. The summed E-state index contributed by atoms with van der Waals surface area (Å²) in [6.07, 6.45) is 0. The van der Waals surface area contributed by atoms with Gasteiger partial charge in [-0.05, 0) is 55.5 Å². The van der Waals surface area contributed by atoms with Gasteiger partial charge in [0.2, 0.25) is 5.91 Å². The van der Waals surface area contributed by atoms with Gasteiger partial charge in [0.15, 0.2) is 0 Å². The topological polar surface area (TPSA) is 29.1 Å². The molecule has 2 aromatic carbocycles. The third-order valence-electron chi connectivity index (χ3n) is 2.61. The smallest absolute Gasteiger partial charge is 0.237 e. The lowest BCUT2D eigenvalue weighted by Crippen LogP contribution is -2.22. The number of amides is 1. The first kappa shape index (κ1) is 15.4. The minimum absolute atomic E-state index is 0.0210. The lowest BCUT2D eigenvalue weighted by molar-refractivity contribution is -0.115. The van der Waals surface area contributed by atoms with E-state index in [1.54, 1.807) is 0 Å². The molecule has 0 spiro atoms. The van der Waals surface area contributed by atoms with Crippen LogP contribution < -0.4 is 5.32 Å². The first-order chi connectivity index (χ1) is 9.54. The Hall–Kier alpha value is -0.970. The van der Waals surface area contributed by atoms with Crippen LogP contribution in [-0.2, 0) is 4.79 Å². The predicted molar refractivity (Wildman–Crippen MR) is 89.5 cm³/mol. The SMILES string of the molecule is C[C@@H](Sc1ccc(Cl)cc1)C(=O)Nc1ccc(Br)cc1. The molecule has 2 nitrogen and oxygen atoms in total. The van der Waals surface area contributed by atoms with Crippen molar-refractivity contribution in [3.05, 3.63) is 58.0 Å². The van der Waals surface area contributed by atoms with E-state index in [0.29, 0.717) is 5.02 Å². The van der Waals surface area contributed by atoms with Crippen molar-refractivity contribution in [3.8, 4) is 0 Å². The van der Waals surface area contributed by atoms with E-state index in [0.717, 1.165) is 15.1 Å². The second kappa shape index (κ2) is 7.16. The van der Waals surface area contributed by atoms with Crippen molar-refractivity contribution >= 4 is 50.9 Å². The van der Waals surface area contributed by atoms with Crippen LogP contribution in [0.2, 0.25) is 5.02 Å². The fourth-order valence-corrected chi connectivity index (χ4v) is 2.81. The van der Waals surface area contributed by atoms with Gasteiger partial charge >= 0.3 is 0 Å². The van der Waals surface area contributed by atoms with Crippen molar-refractivity contribution in [1.82, 2.24) is 0 Å². The van der Waals surface area contributed by atoms with Crippen LogP contribution in [0.1, 0.15) is 6.92 Å². The summed E-state index contributed by atoms with van der Waals surface area (Å²) < 4.78 is 0.985.